The highest BCUT2D eigenvalue weighted by Gasteiger charge is 2.12. The van der Waals surface area contributed by atoms with Crippen LogP contribution < -0.4 is 4.74 Å². The SMILES string of the molecule is CC[C@H](C)Oc1ncc(F)cc1C(C)C. The molecule has 0 radical (unpaired) electrons. The maximum Gasteiger partial charge on any atom is 0.217 e. The Morgan fingerprint density at radius 3 is 2.60 bits per heavy atom. The van der Waals surface area contributed by atoms with E-state index in [1.165, 1.54) is 12.3 Å². The number of rotatable bonds is 4. The molecule has 1 aromatic rings. The van der Waals surface area contributed by atoms with Gasteiger partial charge in [0.1, 0.15) is 5.82 Å². The average Bonchev–Trinajstić information content (AvgIpc) is 2.20. The Bertz CT molecular complexity index is 325. The van der Waals surface area contributed by atoms with Crippen LogP contribution in [0.25, 0.3) is 0 Å². The minimum absolute atomic E-state index is 0.112. The number of hydrogen-bond donors (Lipinski definition) is 0. The standard InChI is InChI=1S/C12H18FNO/c1-5-9(4)15-12-11(8(2)3)6-10(13)7-14-12/h6-9H,5H2,1-4H3/t9-/m0/s1. The molecule has 0 unspecified atom stereocenters. The molecule has 0 bridgehead atoms. The highest BCUT2D eigenvalue weighted by Crippen LogP contribution is 2.25. The lowest BCUT2D eigenvalue weighted by Crippen LogP contribution is -2.13. The van der Waals surface area contributed by atoms with Gasteiger partial charge in [0.05, 0.1) is 12.3 Å². The molecule has 0 amide bonds. The van der Waals surface area contributed by atoms with E-state index in [2.05, 4.69) is 4.98 Å². The first-order chi connectivity index (χ1) is 7.04. The molecule has 0 aliphatic heterocycles. The second-order valence-electron chi connectivity index (χ2n) is 4.04. The van der Waals surface area contributed by atoms with Gasteiger partial charge in [0.2, 0.25) is 5.88 Å². The molecule has 3 heteroatoms. The van der Waals surface area contributed by atoms with Crippen LogP contribution in [0.2, 0.25) is 0 Å². The molecule has 1 heterocycles. The first kappa shape index (κ1) is 12.0. The van der Waals surface area contributed by atoms with E-state index in [1.54, 1.807) is 0 Å². The number of halogens is 1. The molecule has 0 saturated heterocycles. The maximum atomic E-state index is 13.0. The van der Waals surface area contributed by atoms with E-state index in [9.17, 15) is 4.39 Å². The van der Waals surface area contributed by atoms with E-state index in [4.69, 9.17) is 4.74 Å². The van der Waals surface area contributed by atoms with E-state index < -0.39 is 0 Å². The second kappa shape index (κ2) is 5.10. The van der Waals surface area contributed by atoms with Crippen LogP contribution in [-0.4, -0.2) is 11.1 Å². The molecule has 15 heavy (non-hydrogen) atoms. The Kier molecular flexibility index (Phi) is 4.06. The fourth-order valence-corrected chi connectivity index (χ4v) is 1.23. The molecule has 84 valence electrons. The molecule has 0 aliphatic rings. The highest BCUT2D eigenvalue weighted by atomic mass is 19.1. The van der Waals surface area contributed by atoms with Crippen molar-refractivity contribution in [2.45, 2.75) is 46.1 Å². The fraction of sp³-hybridized carbons (Fsp3) is 0.583. The Labute approximate surface area is 90.5 Å². The summed E-state index contributed by atoms with van der Waals surface area (Å²) in [6, 6.07) is 1.50. The lowest BCUT2D eigenvalue weighted by Gasteiger charge is -2.16. The van der Waals surface area contributed by atoms with Gasteiger partial charge in [-0.1, -0.05) is 20.8 Å². The van der Waals surface area contributed by atoms with Crippen molar-refractivity contribution in [3.05, 3.63) is 23.6 Å². The molecule has 2 nitrogen and oxygen atoms in total. The van der Waals surface area contributed by atoms with Crippen molar-refractivity contribution in [2.24, 2.45) is 0 Å². The summed E-state index contributed by atoms with van der Waals surface area (Å²) in [5.41, 5.74) is 0.829. The molecule has 1 rings (SSSR count). The van der Waals surface area contributed by atoms with Crippen molar-refractivity contribution < 1.29 is 9.13 Å². The van der Waals surface area contributed by atoms with Gasteiger partial charge in [0.25, 0.3) is 0 Å². The van der Waals surface area contributed by atoms with Crippen LogP contribution in [0.1, 0.15) is 45.6 Å². The Balaban J connectivity index is 2.95. The van der Waals surface area contributed by atoms with E-state index in [-0.39, 0.29) is 17.8 Å². The van der Waals surface area contributed by atoms with Gasteiger partial charge in [-0.3, -0.25) is 0 Å². The third kappa shape index (κ3) is 3.18. The Hall–Kier alpha value is -1.12. The van der Waals surface area contributed by atoms with E-state index in [0.717, 1.165) is 12.0 Å². The summed E-state index contributed by atoms with van der Waals surface area (Å²) in [4.78, 5) is 3.99. The fourth-order valence-electron chi connectivity index (χ4n) is 1.23. The van der Waals surface area contributed by atoms with Crippen LogP contribution in [0.3, 0.4) is 0 Å². The summed E-state index contributed by atoms with van der Waals surface area (Å²) in [6.45, 7) is 8.03. The van der Waals surface area contributed by atoms with Crippen LogP contribution in [0.5, 0.6) is 5.88 Å². The molecular formula is C12H18FNO. The van der Waals surface area contributed by atoms with Crippen LogP contribution in [0, 0.1) is 5.82 Å². The summed E-state index contributed by atoms with van der Waals surface area (Å²) in [6.07, 6.45) is 2.22. The first-order valence-electron chi connectivity index (χ1n) is 5.36. The normalized spacial score (nSPS) is 12.9. The van der Waals surface area contributed by atoms with E-state index in [0.29, 0.717) is 5.88 Å². The van der Waals surface area contributed by atoms with Gasteiger partial charge in [-0.25, -0.2) is 9.37 Å². The summed E-state index contributed by atoms with van der Waals surface area (Å²) < 4.78 is 18.6. The van der Waals surface area contributed by atoms with Crippen molar-refractivity contribution in [1.29, 1.82) is 0 Å². The van der Waals surface area contributed by atoms with Gasteiger partial charge >= 0.3 is 0 Å². The third-order valence-corrected chi connectivity index (χ3v) is 2.36. The largest absolute Gasteiger partial charge is 0.474 e. The molecule has 0 N–H and O–H groups in total. The molecule has 0 spiro atoms. The summed E-state index contributed by atoms with van der Waals surface area (Å²) in [5, 5.41) is 0. The van der Waals surface area contributed by atoms with Gasteiger partial charge < -0.3 is 4.74 Å². The quantitative estimate of drug-likeness (QED) is 0.760. The molecule has 0 aliphatic carbocycles. The molecule has 0 fully saturated rings. The third-order valence-electron chi connectivity index (χ3n) is 2.36. The number of hydrogen-bond acceptors (Lipinski definition) is 2. The van der Waals surface area contributed by atoms with Crippen molar-refractivity contribution in [2.75, 3.05) is 0 Å². The molecule has 0 saturated carbocycles. The first-order valence-corrected chi connectivity index (χ1v) is 5.36. The zero-order valence-corrected chi connectivity index (χ0v) is 9.75. The number of pyridine rings is 1. The van der Waals surface area contributed by atoms with Crippen LogP contribution in [-0.2, 0) is 0 Å². The zero-order valence-electron chi connectivity index (χ0n) is 9.75. The minimum atomic E-state index is -0.310. The van der Waals surface area contributed by atoms with Crippen molar-refractivity contribution >= 4 is 0 Å². The van der Waals surface area contributed by atoms with Gasteiger partial charge in [-0.15, -0.1) is 0 Å². The molecule has 1 atom stereocenters. The van der Waals surface area contributed by atoms with Crippen molar-refractivity contribution in [1.82, 2.24) is 4.98 Å². The number of nitrogens with zero attached hydrogens (tertiary/aromatic N) is 1. The van der Waals surface area contributed by atoms with Gasteiger partial charge in [-0.05, 0) is 25.3 Å². The predicted octanol–water partition coefficient (Wildman–Crippen LogP) is 3.52. The van der Waals surface area contributed by atoms with Crippen LogP contribution in [0.4, 0.5) is 4.39 Å². The molecule has 0 aromatic carbocycles. The van der Waals surface area contributed by atoms with Gasteiger partial charge in [-0.2, -0.15) is 0 Å². The van der Waals surface area contributed by atoms with Crippen molar-refractivity contribution in [3.8, 4) is 5.88 Å². The summed E-state index contributed by atoms with van der Waals surface area (Å²) >= 11 is 0. The Morgan fingerprint density at radius 2 is 2.07 bits per heavy atom. The molecular weight excluding hydrogens is 193 g/mol. The molecule has 1 aromatic heterocycles. The zero-order chi connectivity index (χ0) is 11.4. The highest BCUT2D eigenvalue weighted by molar-refractivity contribution is 5.29. The number of ether oxygens (including phenoxy) is 1. The van der Waals surface area contributed by atoms with Gasteiger partial charge in [0.15, 0.2) is 0 Å². The topological polar surface area (TPSA) is 22.1 Å². The summed E-state index contributed by atoms with van der Waals surface area (Å²) in [5.74, 6) is 0.461. The second-order valence-corrected chi connectivity index (χ2v) is 4.04. The predicted molar refractivity (Wildman–Crippen MR) is 58.7 cm³/mol. The van der Waals surface area contributed by atoms with Crippen LogP contribution in [0.15, 0.2) is 12.3 Å². The smallest absolute Gasteiger partial charge is 0.217 e. The van der Waals surface area contributed by atoms with Crippen molar-refractivity contribution in [3.63, 3.8) is 0 Å². The van der Waals surface area contributed by atoms with E-state index >= 15 is 0 Å². The number of aromatic nitrogens is 1. The maximum absolute atomic E-state index is 13.0. The summed E-state index contributed by atoms with van der Waals surface area (Å²) in [7, 11) is 0. The Morgan fingerprint density at radius 1 is 1.40 bits per heavy atom. The monoisotopic (exact) mass is 211 g/mol. The minimum Gasteiger partial charge on any atom is -0.474 e. The average molecular weight is 211 g/mol. The lowest BCUT2D eigenvalue weighted by molar-refractivity contribution is 0.205. The van der Waals surface area contributed by atoms with Gasteiger partial charge in [0, 0.05) is 5.56 Å². The van der Waals surface area contributed by atoms with E-state index in [1.807, 2.05) is 27.7 Å². The lowest BCUT2D eigenvalue weighted by atomic mass is 10.1. The van der Waals surface area contributed by atoms with Crippen LogP contribution >= 0.6 is 0 Å².